The van der Waals surface area contributed by atoms with E-state index in [2.05, 4.69) is 17.0 Å². The molecule has 0 aromatic heterocycles. The van der Waals surface area contributed by atoms with Crippen molar-refractivity contribution in [3.05, 3.63) is 59.9 Å². The lowest BCUT2D eigenvalue weighted by atomic mass is 10.1. The number of hydrogen-bond acceptors (Lipinski definition) is 3. The van der Waals surface area contributed by atoms with Gasteiger partial charge in [0.15, 0.2) is 0 Å². The molecule has 0 saturated carbocycles. The minimum atomic E-state index is -0.709. The molecule has 1 aliphatic rings. The Bertz CT molecular complexity index is 743. The minimum absolute atomic E-state index is 0. The third kappa shape index (κ3) is 5.47. The number of carboxylic acids is 1. The summed E-state index contributed by atoms with van der Waals surface area (Å²) in [4.78, 5) is 15.3. The first-order valence-corrected chi connectivity index (χ1v) is 9.43. The SMILES string of the molecule is Cl.O=C(O)[C@@H]1CCCN1CCCc1ccccc1Sc1cccc(F)c1. The second kappa shape index (κ2) is 9.95. The molecule has 3 rings (SSSR count). The standard InChI is InChI=1S/C20H22FNO2S.ClH/c21-16-8-3-9-17(14-16)25-19-11-2-1-6-15(19)7-4-12-22-13-5-10-18(22)20(23)24;/h1-3,6,8-9,11,14,18H,4-5,7,10,12-13H2,(H,23,24);1H/t18-;/m0./s1. The van der Waals surface area contributed by atoms with Crippen molar-refractivity contribution in [1.29, 1.82) is 0 Å². The maximum atomic E-state index is 13.4. The molecule has 0 amide bonds. The van der Waals surface area contributed by atoms with Gasteiger partial charge in [-0.25, -0.2) is 4.39 Å². The molecule has 1 atom stereocenters. The summed E-state index contributed by atoms with van der Waals surface area (Å²) in [5.74, 6) is -0.934. The number of hydrogen-bond donors (Lipinski definition) is 1. The van der Waals surface area contributed by atoms with Crippen molar-refractivity contribution in [2.45, 2.75) is 41.5 Å². The molecule has 1 heterocycles. The molecule has 6 heteroatoms. The Labute approximate surface area is 164 Å². The predicted octanol–water partition coefficient (Wildman–Crippen LogP) is 4.88. The highest BCUT2D eigenvalue weighted by molar-refractivity contribution is 7.99. The summed E-state index contributed by atoms with van der Waals surface area (Å²) in [6.07, 6.45) is 3.52. The number of rotatable bonds is 7. The van der Waals surface area contributed by atoms with Gasteiger partial charge in [0.1, 0.15) is 11.9 Å². The number of aryl methyl sites for hydroxylation is 1. The highest BCUT2D eigenvalue weighted by atomic mass is 35.5. The molecule has 3 nitrogen and oxygen atoms in total. The number of nitrogens with zero attached hydrogens (tertiary/aromatic N) is 1. The smallest absolute Gasteiger partial charge is 0.320 e. The predicted molar refractivity (Wildman–Crippen MR) is 105 cm³/mol. The first kappa shape index (κ1) is 20.7. The molecule has 0 spiro atoms. The molecule has 0 aliphatic carbocycles. The Morgan fingerprint density at radius 1 is 1.23 bits per heavy atom. The van der Waals surface area contributed by atoms with Crippen molar-refractivity contribution >= 4 is 30.1 Å². The monoisotopic (exact) mass is 395 g/mol. The minimum Gasteiger partial charge on any atom is -0.480 e. The summed E-state index contributed by atoms with van der Waals surface area (Å²) < 4.78 is 13.4. The van der Waals surface area contributed by atoms with Gasteiger partial charge in [-0.05, 0) is 68.6 Å². The second-order valence-electron chi connectivity index (χ2n) is 6.30. The van der Waals surface area contributed by atoms with Crippen LogP contribution < -0.4 is 0 Å². The Hall–Kier alpha value is -1.56. The lowest BCUT2D eigenvalue weighted by Gasteiger charge is -2.21. The maximum Gasteiger partial charge on any atom is 0.320 e. The van der Waals surface area contributed by atoms with Gasteiger partial charge in [0.2, 0.25) is 0 Å². The van der Waals surface area contributed by atoms with Crippen molar-refractivity contribution in [1.82, 2.24) is 4.90 Å². The number of halogens is 2. The van der Waals surface area contributed by atoms with Crippen molar-refractivity contribution < 1.29 is 14.3 Å². The van der Waals surface area contributed by atoms with E-state index in [-0.39, 0.29) is 24.3 Å². The van der Waals surface area contributed by atoms with Crippen LogP contribution in [0, 0.1) is 5.82 Å². The first-order valence-electron chi connectivity index (χ1n) is 8.61. The molecule has 0 unspecified atom stereocenters. The Kier molecular flexibility index (Phi) is 7.94. The molecule has 140 valence electrons. The van der Waals surface area contributed by atoms with E-state index in [1.807, 2.05) is 18.2 Å². The average Bonchev–Trinajstić information content (AvgIpc) is 3.05. The molecule has 2 aromatic rings. The summed E-state index contributed by atoms with van der Waals surface area (Å²) in [6.45, 7) is 1.67. The van der Waals surface area contributed by atoms with Gasteiger partial charge in [0.25, 0.3) is 0 Å². The topological polar surface area (TPSA) is 40.5 Å². The molecular weight excluding hydrogens is 373 g/mol. The van der Waals surface area contributed by atoms with Crippen LogP contribution in [0.25, 0.3) is 0 Å². The molecule has 1 N–H and O–H groups in total. The number of carbonyl (C=O) groups is 1. The van der Waals surface area contributed by atoms with Gasteiger partial charge in [-0.1, -0.05) is 36.0 Å². The molecule has 1 fully saturated rings. The average molecular weight is 396 g/mol. The van der Waals surface area contributed by atoms with Gasteiger partial charge in [0.05, 0.1) is 0 Å². The molecule has 1 saturated heterocycles. The largest absolute Gasteiger partial charge is 0.480 e. The third-order valence-corrected chi connectivity index (χ3v) is 5.64. The lowest BCUT2D eigenvalue weighted by molar-refractivity contribution is -0.142. The van der Waals surface area contributed by atoms with Crippen LogP contribution >= 0.6 is 24.2 Å². The summed E-state index contributed by atoms with van der Waals surface area (Å²) in [7, 11) is 0. The highest BCUT2D eigenvalue weighted by Gasteiger charge is 2.29. The normalized spacial score (nSPS) is 17.0. The van der Waals surface area contributed by atoms with Crippen molar-refractivity contribution in [3.63, 3.8) is 0 Å². The molecule has 0 bridgehead atoms. The van der Waals surface area contributed by atoms with Crippen molar-refractivity contribution in [2.75, 3.05) is 13.1 Å². The van der Waals surface area contributed by atoms with E-state index in [0.717, 1.165) is 48.6 Å². The van der Waals surface area contributed by atoms with Crippen LogP contribution in [0.3, 0.4) is 0 Å². The fraction of sp³-hybridized carbons (Fsp3) is 0.350. The Balaban J connectivity index is 0.00000243. The van der Waals surface area contributed by atoms with Gasteiger partial charge >= 0.3 is 5.97 Å². The van der Waals surface area contributed by atoms with Crippen LogP contribution in [-0.2, 0) is 11.2 Å². The van der Waals surface area contributed by atoms with Crippen molar-refractivity contribution in [3.8, 4) is 0 Å². The number of likely N-dealkylation sites (tertiary alicyclic amines) is 1. The van der Waals surface area contributed by atoms with E-state index >= 15 is 0 Å². The number of aliphatic carboxylic acids is 1. The van der Waals surface area contributed by atoms with Crippen LogP contribution in [0.2, 0.25) is 0 Å². The fourth-order valence-corrected chi connectivity index (χ4v) is 4.33. The van der Waals surface area contributed by atoms with Gasteiger partial charge in [-0.3, -0.25) is 9.69 Å². The Morgan fingerprint density at radius 3 is 2.81 bits per heavy atom. The summed E-state index contributed by atoms with van der Waals surface area (Å²) in [5, 5.41) is 9.26. The summed E-state index contributed by atoms with van der Waals surface area (Å²) in [6, 6.07) is 14.5. The molecule has 2 aromatic carbocycles. The van der Waals surface area contributed by atoms with E-state index in [4.69, 9.17) is 0 Å². The van der Waals surface area contributed by atoms with Crippen LogP contribution in [0.15, 0.2) is 58.3 Å². The number of carboxylic acid groups (broad SMARTS) is 1. The van der Waals surface area contributed by atoms with E-state index in [0.29, 0.717) is 0 Å². The summed E-state index contributed by atoms with van der Waals surface area (Å²) >= 11 is 1.57. The molecule has 1 aliphatic heterocycles. The highest BCUT2D eigenvalue weighted by Crippen LogP contribution is 2.31. The quantitative estimate of drug-likeness (QED) is 0.725. The van der Waals surface area contributed by atoms with Gasteiger partial charge in [0, 0.05) is 9.79 Å². The van der Waals surface area contributed by atoms with Gasteiger partial charge in [-0.15, -0.1) is 12.4 Å². The first-order chi connectivity index (χ1) is 12.1. The van der Waals surface area contributed by atoms with Gasteiger partial charge < -0.3 is 5.11 Å². The zero-order valence-electron chi connectivity index (χ0n) is 14.4. The van der Waals surface area contributed by atoms with E-state index in [1.165, 1.54) is 11.6 Å². The van der Waals surface area contributed by atoms with Crippen LogP contribution in [0.1, 0.15) is 24.8 Å². The zero-order chi connectivity index (χ0) is 17.6. The van der Waals surface area contributed by atoms with Crippen LogP contribution in [0.5, 0.6) is 0 Å². The zero-order valence-corrected chi connectivity index (χ0v) is 16.1. The summed E-state index contributed by atoms with van der Waals surface area (Å²) in [5.41, 5.74) is 1.22. The van der Waals surface area contributed by atoms with E-state index < -0.39 is 5.97 Å². The lowest BCUT2D eigenvalue weighted by Crippen LogP contribution is -2.36. The molecule has 26 heavy (non-hydrogen) atoms. The number of benzene rings is 2. The van der Waals surface area contributed by atoms with E-state index in [1.54, 1.807) is 23.9 Å². The molecular formula is C20H23ClFNO2S. The van der Waals surface area contributed by atoms with Crippen molar-refractivity contribution in [2.24, 2.45) is 0 Å². The van der Waals surface area contributed by atoms with Crippen LogP contribution in [-0.4, -0.2) is 35.1 Å². The molecule has 0 radical (unpaired) electrons. The van der Waals surface area contributed by atoms with Crippen LogP contribution in [0.4, 0.5) is 4.39 Å². The van der Waals surface area contributed by atoms with E-state index in [9.17, 15) is 14.3 Å². The van der Waals surface area contributed by atoms with Gasteiger partial charge in [-0.2, -0.15) is 0 Å². The second-order valence-corrected chi connectivity index (χ2v) is 7.42. The fourth-order valence-electron chi connectivity index (χ4n) is 3.31. The third-order valence-electron chi connectivity index (χ3n) is 4.54. The Morgan fingerprint density at radius 2 is 2.04 bits per heavy atom. The maximum absolute atomic E-state index is 13.4.